The van der Waals surface area contributed by atoms with E-state index < -0.39 is 45.7 Å². The van der Waals surface area contributed by atoms with E-state index >= 15 is 0 Å². The van der Waals surface area contributed by atoms with Crippen LogP contribution in [-0.2, 0) is 19.6 Å². The van der Waals surface area contributed by atoms with Gasteiger partial charge < -0.3 is 4.74 Å². The normalized spacial score (nSPS) is 39.1. The molecule has 4 saturated carbocycles. The molecule has 0 saturated heterocycles. The Balaban J connectivity index is 1.61. The summed E-state index contributed by atoms with van der Waals surface area (Å²) in [5, 5.41) is 0. The average molecular weight is 450 g/mol. The zero-order chi connectivity index (χ0) is 21.6. The molecule has 0 spiro atoms. The fourth-order valence-corrected chi connectivity index (χ4v) is 7.71. The molecule has 0 aromatic rings. The Morgan fingerprint density at radius 1 is 0.897 bits per heavy atom. The van der Waals surface area contributed by atoms with Gasteiger partial charge in [0.2, 0.25) is 0 Å². The lowest BCUT2D eigenvalue weighted by molar-refractivity contribution is -0.362. The maximum absolute atomic E-state index is 13.4. The minimum absolute atomic E-state index is 0.0746. The first-order valence-electron chi connectivity index (χ1n) is 9.46. The van der Waals surface area contributed by atoms with Crippen LogP contribution in [0.5, 0.6) is 0 Å². The summed E-state index contributed by atoms with van der Waals surface area (Å²) in [6.07, 6.45) is -8.80. The second kappa shape index (κ2) is 6.24. The third-order valence-electron chi connectivity index (χ3n) is 7.61. The fourth-order valence-electron chi connectivity index (χ4n) is 6.81. The molecule has 7 atom stereocenters. The predicted octanol–water partition coefficient (Wildman–Crippen LogP) is 3.60. The molecule has 4 bridgehead atoms. The van der Waals surface area contributed by atoms with Crippen molar-refractivity contribution in [2.75, 3.05) is 5.75 Å². The highest BCUT2D eigenvalue weighted by molar-refractivity contribution is 7.85. The summed E-state index contributed by atoms with van der Waals surface area (Å²) in [4.78, 5) is 12.5. The van der Waals surface area contributed by atoms with Crippen LogP contribution < -0.4 is 0 Å². The lowest BCUT2D eigenvalue weighted by atomic mass is 9.67. The summed E-state index contributed by atoms with van der Waals surface area (Å²) in [5.41, 5.74) is -5.30. The Hall–Kier alpha value is -1.04. The molecule has 0 radical (unpaired) electrons. The fraction of sp³-hybridized carbons (Fsp3) is 0.941. The van der Waals surface area contributed by atoms with E-state index in [0.717, 1.165) is 19.3 Å². The third-order valence-corrected chi connectivity index (χ3v) is 8.38. The molecular formula is C17H20F6O5S. The van der Waals surface area contributed by atoms with E-state index in [0.29, 0.717) is 24.2 Å². The van der Waals surface area contributed by atoms with Gasteiger partial charge in [-0.05, 0) is 67.6 Å². The second-order valence-corrected chi connectivity index (χ2v) is 10.4. The largest absolute Gasteiger partial charge is 0.438 e. The molecule has 4 fully saturated rings. The molecule has 12 heteroatoms. The van der Waals surface area contributed by atoms with Gasteiger partial charge in [0.1, 0.15) is 5.75 Å². The minimum atomic E-state index is -6.27. The Morgan fingerprint density at radius 3 is 1.97 bits per heavy atom. The maximum atomic E-state index is 13.4. The summed E-state index contributed by atoms with van der Waals surface area (Å²) < 4.78 is 115. The van der Waals surface area contributed by atoms with Crippen LogP contribution in [0.3, 0.4) is 0 Å². The van der Waals surface area contributed by atoms with E-state index in [9.17, 15) is 39.6 Å². The van der Waals surface area contributed by atoms with Gasteiger partial charge in [0.15, 0.2) is 0 Å². The summed E-state index contributed by atoms with van der Waals surface area (Å²) >= 11 is 0. The summed E-state index contributed by atoms with van der Waals surface area (Å²) in [5.74, 6) is -4.56. The highest BCUT2D eigenvalue weighted by Crippen LogP contribution is 2.69. The minimum Gasteiger partial charge on any atom is -0.438 e. The van der Waals surface area contributed by atoms with E-state index in [-0.39, 0.29) is 24.2 Å². The number of halogens is 6. The topological polar surface area (TPSA) is 80.7 Å². The van der Waals surface area contributed by atoms with Crippen molar-refractivity contribution in [2.24, 2.45) is 41.4 Å². The van der Waals surface area contributed by atoms with Crippen LogP contribution in [0.25, 0.3) is 0 Å². The van der Waals surface area contributed by atoms with Crippen molar-refractivity contribution in [3.05, 3.63) is 0 Å². The Kier molecular flexibility index (Phi) is 4.56. The molecule has 29 heavy (non-hydrogen) atoms. The standard InChI is InChI=1S/C17H20F6O5S/c18-16(19,20)15(17(21,22)23,6-29(25,26)27)28-14(24)11-5-9-4-10(11)13-8-2-1-7(3-8)12(9)13/h7-13H,1-6H2,(H,25,26,27)/t7?,8-,9?,10?,11?,12?,13?/m1/s1. The van der Waals surface area contributed by atoms with Crippen LogP contribution in [0, 0.1) is 41.4 Å². The van der Waals surface area contributed by atoms with Gasteiger partial charge in [-0.3, -0.25) is 9.35 Å². The van der Waals surface area contributed by atoms with Crippen molar-refractivity contribution in [2.45, 2.75) is 50.1 Å². The molecule has 1 N–H and O–H groups in total. The zero-order valence-corrected chi connectivity index (χ0v) is 15.9. The Bertz CT molecular complexity index is 792. The molecule has 6 unspecified atom stereocenters. The molecule has 0 amide bonds. The van der Waals surface area contributed by atoms with Crippen molar-refractivity contribution in [1.29, 1.82) is 0 Å². The van der Waals surface area contributed by atoms with Crippen molar-refractivity contribution >= 4 is 16.1 Å². The first-order valence-corrected chi connectivity index (χ1v) is 11.1. The van der Waals surface area contributed by atoms with Crippen molar-refractivity contribution in [1.82, 2.24) is 0 Å². The zero-order valence-electron chi connectivity index (χ0n) is 15.0. The number of hydrogen-bond donors (Lipinski definition) is 1. The van der Waals surface area contributed by atoms with E-state index in [1.807, 2.05) is 0 Å². The Labute approximate surface area is 162 Å². The van der Waals surface area contributed by atoms with Gasteiger partial charge in [-0.1, -0.05) is 0 Å². The van der Waals surface area contributed by atoms with Crippen LogP contribution in [-0.4, -0.2) is 42.6 Å². The molecule has 166 valence electrons. The van der Waals surface area contributed by atoms with Gasteiger partial charge in [-0.15, -0.1) is 0 Å². The van der Waals surface area contributed by atoms with Gasteiger partial charge in [-0.2, -0.15) is 34.8 Å². The quantitative estimate of drug-likeness (QED) is 0.306. The van der Waals surface area contributed by atoms with Crippen LogP contribution in [0.15, 0.2) is 0 Å². The third kappa shape index (κ3) is 3.16. The number of alkyl halides is 6. The SMILES string of the molecule is O=C(OC(CS(=O)(=O)O)(C(F)(F)F)C(F)(F)F)C1CC2CC1C1C2C2CC[C@@H]1C2. The Morgan fingerprint density at radius 2 is 1.45 bits per heavy atom. The first-order chi connectivity index (χ1) is 13.1. The highest BCUT2D eigenvalue weighted by Gasteiger charge is 2.76. The molecule has 4 aliphatic carbocycles. The molecule has 0 heterocycles. The molecule has 5 nitrogen and oxygen atoms in total. The smallest absolute Gasteiger partial charge is 0.438 e. The van der Waals surface area contributed by atoms with Crippen LogP contribution in [0.4, 0.5) is 26.3 Å². The van der Waals surface area contributed by atoms with Crippen LogP contribution in [0.1, 0.15) is 32.1 Å². The van der Waals surface area contributed by atoms with Gasteiger partial charge in [-0.25, -0.2) is 0 Å². The number of carbonyl (C=O) groups is 1. The lowest BCUT2D eigenvalue weighted by Crippen LogP contribution is -2.64. The van der Waals surface area contributed by atoms with E-state index in [1.165, 1.54) is 0 Å². The van der Waals surface area contributed by atoms with Gasteiger partial charge in [0, 0.05) is 0 Å². The average Bonchev–Trinajstić information content (AvgIpc) is 3.28. The predicted molar refractivity (Wildman–Crippen MR) is 84.9 cm³/mol. The van der Waals surface area contributed by atoms with Crippen molar-refractivity contribution in [3.63, 3.8) is 0 Å². The number of ether oxygens (including phenoxy) is 1. The van der Waals surface area contributed by atoms with Crippen molar-refractivity contribution in [3.8, 4) is 0 Å². The number of esters is 1. The molecule has 4 aliphatic rings. The highest BCUT2D eigenvalue weighted by atomic mass is 32.2. The number of carbonyl (C=O) groups excluding carboxylic acids is 1. The molecule has 0 aromatic heterocycles. The van der Waals surface area contributed by atoms with Gasteiger partial charge in [0.25, 0.3) is 10.1 Å². The summed E-state index contributed by atoms with van der Waals surface area (Å²) in [6, 6.07) is 0. The molecular weight excluding hydrogens is 430 g/mol. The lowest BCUT2D eigenvalue weighted by Gasteiger charge is -2.40. The summed E-state index contributed by atoms with van der Waals surface area (Å²) in [6.45, 7) is 0. The molecule has 0 aliphatic heterocycles. The first kappa shape index (κ1) is 21.2. The van der Waals surface area contributed by atoms with Gasteiger partial charge in [0.05, 0.1) is 5.92 Å². The number of fused-ring (bicyclic) bond motifs is 9. The number of rotatable bonds is 4. The van der Waals surface area contributed by atoms with E-state index in [4.69, 9.17) is 4.55 Å². The van der Waals surface area contributed by atoms with E-state index in [2.05, 4.69) is 4.74 Å². The van der Waals surface area contributed by atoms with Crippen LogP contribution >= 0.6 is 0 Å². The molecule has 0 aromatic carbocycles. The molecule has 4 rings (SSSR count). The van der Waals surface area contributed by atoms with Crippen molar-refractivity contribution < 1.29 is 48.8 Å². The van der Waals surface area contributed by atoms with Gasteiger partial charge >= 0.3 is 23.9 Å². The number of hydrogen-bond acceptors (Lipinski definition) is 4. The maximum Gasteiger partial charge on any atom is 0.438 e. The van der Waals surface area contributed by atoms with E-state index in [1.54, 1.807) is 0 Å². The summed E-state index contributed by atoms with van der Waals surface area (Å²) in [7, 11) is -5.77. The second-order valence-electron chi connectivity index (χ2n) is 8.96. The monoisotopic (exact) mass is 450 g/mol. The van der Waals surface area contributed by atoms with Crippen LogP contribution in [0.2, 0.25) is 0 Å².